The lowest BCUT2D eigenvalue weighted by atomic mass is 9.99. The number of halogens is 3. The van der Waals surface area contributed by atoms with Gasteiger partial charge in [0.15, 0.2) is 0 Å². The highest BCUT2D eigenvalue weighted by Gasteiger charge is 2.37. The molecule has 1 aliphatic rings. The second kappa shape index (κ2) is 6.15. The van der Waals surface area contributed by atoms with Crippen molar-refractivity contribution in [2.24, 2.45) is 5.92 Å². The molecule has 1 aliphatic carbocycles. The number of methoxy groups -OCH3 is 1. The van der Waals surface area contributed by atoms with Crippen LogP contribution in [-0.2, 0) is 6.42 Å². The molecule has 1 aromatic heterocycles. The maximum atomic E-state index is 12.6. The lowest BCUT2D eigenvalue weighted by Crippen LogP contribution is -2.22. The summed E-state index contributed by atoms with van der Waals surface area (Å²) in [4.78, 5) is 8.38. The van der Waals surface area contributed by atoms with Crippen LogP contribution in [0.25, 0.3) is 0 Å². The summed E-state index contributed by atoms with van der Waals surface area (Å²) < 4.78 is 42.7. The number of alkyl halides is 3. The monoisotopic (exact) mass is 299 g/mol. The first-order chi connectivity index (χ1) is 9.92. The molecule has 2 rings (SSSR count). The molecule has 1 aromatic rings. The molecule has 114 valence electrons. The van der Waals surface area contributed by atoms with Gasteiger partial charge in [0.2, 0.25) is 11.8 Å². The van der Waals surface area contributed by atoms with E-state index >= 15 is 0 Å². The van der Waals surface area contributed by atoms with Crippen molar-refractivity contribution in [3.05, 3.63) is 35.7 Å². The minimum Gasteiger partial charge on any atom is -0.481 e. The lowest BCUT2D eigenvalue weighted by Gasteiger charge is -2.19. The predicted molar refractivity (Wildman–Crippen MR) is 73.0 cm³/mol. The molecule has 21 heavy (non-hydrogen) atoms. The number of hydrogen-bond donors (Lipinski definition) is 1. The van der Waals surface area contributed by atoms with Gasteiger partial charge in [-0.2, -0.15) is 18.2 Å². The van der Waals surface area contributed by atoms with Crippen molar-refractivity contribution in [2.75, 3.05) is 12.4 Å². The zero-order chi connectivity index (χ0) is 15.5. The van der Waals surface area contributed by atoms with Crippen molar-refractivity contribution in [1.82, 2.24) is 9.97 Å². The third-order valence-corrected chi connectivity index (χ3v) is 3.10. The summed E-state index contributed by atoms with van der Waals surface area (Å²) >= 11 is 0. The minimum atomic E-state index is -4.21. The number of allylic oxidation sites excluding steroid dienone is 3. The zero-order valence-electron chi connectivity index (χ0n) is 11.7. The van der Waals surface area contributed by atoms with Gasteiger partial charge in [-0.1, -0.05) is 19.1 Å². The van der Waals surface area contributed by atoms with Crippen LogP contribution in [0.5, 0.6) is 5.88 Å². The Morgan fingerprint density at radius 3 is 2.67 bits per heavy atom. The van der Waals surface area contributed by atoms with Crippen molar-refractivity contribution >= 4 is 5.95 Å². The average molecular weight is 299 g/mol. The molecule has 1 unspecified atom stereocenters. The van der Waals surface area contributed by atoms with Crippen LogP contribution < -0.4 is 10.1 Å². The van der Waals surface area contributed by atoms with Crippen LogP contribution in [0, 0.1) is 5.92 Å². The second-order valence-electron chi connectivity index (χ2n) is 4.61. The largest absolute Gasteiger partial charge is 0.481 e. The molecule has 7 heteroatoms. The Hall–Kier alpha value is -2.05. The summed E-state index contributed by atoms with van der Waals surface area (Å²) in [5.41, 5.74) is 1.34. The highest BCUT2D eigenvalue weighted by molar-refractivity contribution is 5.43. The summed E-state index contributed by atoms with van der Waals surface area (Å²) in [5, 5.41) is 2.91. The van der Waals surface area contributed by atoms with Gasteiger partial charge in [-0.3, -0.25) is 0 Å². The summed E-state index contributed by atoms with van der Waals surface area (Å²) in [5.74, 6) is -0.703. The summed E-state index contributed by atoms with van der Waals surface area (Å²) in [7, 11) is 1.50. The first-order valence-corrected chi connectivity index (χ1v) is 6.56. The van der Waals surface area contributed by atoms with Crippen LogP contribution in [0.3, 0.4) is 0 Å². The number of anilines is 1. The van der Waals surface area contributed by atoms with Crippen molar-refractivity contribution in [3.63, 3.8) is 0 Å². The van der Waals surface area contributed by atoms with Crippen LogP contribution in [0.1, 0.15) is 19.0 Å². The highest BCUT2D eigenvalue weighted by atomic mass is 19.4. The van der Waals surface area contributed by atoms with Gasteiger partial charge in [-0.15, -0.1) is 0 Å². The fraction of sp³-hybridized carbons (Fsp3) is 0.429. The third kappa shape index (κ3) is 3.96. The van der Waals surface area contributed by atoms with Crippen molar-refractivity contribution in [3.8, 4) is 5.88 Å². The number of hydrogen-bond acceptors (Lipinski definition) is 4. The molecular weight excluding hydrogens is 283 g/mol. The molecule has 0 fully saturated rings. The number of aromatic nitrogens is 2. The van der Waals surface area contributed by atoms with E-state index in [0.29, 0.717) is 23.9 Å². The number of rotatable bonds is 4. The van der Waals surface area contributed by atoms with Gasteiger partial charge >= 0.3 is 6.18 Å². The smallest absolute Gasteiger partial charge is 0.395 e. The molecule has 0 amide bonds. The highest BCUT2D eigenvalue weighted by Crippen LogP contribution is 2.33. The molecule has 0 spiro atoms. The van der Waals surface area contributed by atoms with Crippen LogP contribution in [0.4, 0.5) is 19.1 Å². The van der Waals surface area contributed by atoms with E-state index in [-0.39, 0.29) is 6.42 Å². The Bertz CT molecular complexity index is 545. The normalized spacial score (nSPS) is 18.3. The molecule has 1 N–H and O–H groups in total. The van der Waals surface area contributed by atoms with E-state index in [9.17, 15) is 13.2 Å². The molecule has 1 atom stereocenters. The van der Waals surface area contributed by atoms with Crippen molar-refractivity contribution in [1.29, 1.82) is 0 Å². The fourth-order valence-electron chi connectivity index (χ4n) is 1.90. The van der Waals surface area contributed by atoms with Gasteiger partial charge in [0.05, 0.1) is 13.0 Å². The standard InChI is InChI=1S/C14H16F3N3O/c1-3-10-8-12(21-2)20-13(18-10)19-11-6-4-9(5-7-11)14(15,16)17/h4,6-9H,3,5H2,1-2H3,(H,18,19,20). The maximum absolute atomic E-state index is 12.6. The quantitative estimate of drug-likeness (QED) is 0.924. The predicted octanol–water partition coefficient (Wildman–Crippen LogP) is 3.48. The first kappa shape index (κ1) is 15.3. The molecule has 0 aromatic carbocycles. The molecule has 0 aliphatic heterocycles. The van der Waals surface area contributed by atoms with Crippen molar-refractivity contribution in [2.45, 2.75) is 25.9 Å². The van der Waals surface area contributed by atoms with E-state index in [2.05, 4.69) is 15.3 Å². The molecule has 0 bridgehead atoms. The number of nitrogens with zero attached hydrogens (tertiary/aromatic N) is 2. The topological polar surface area (TPSA) is 47.0 Å². The number of aryl methyl sites for hydroxylation is 1. The van der Waals surface area contributed by atoms with E-state index in [1.165, 1.54) is 19.3 Å². The maximum Gasteiger partial charge on any atom is 0.395 e. The lowest BCUT2D eigenvalue weighted by molar-refractivity contribution is -0.160. The van der Waals surface area contributed by atoms with Crippen LogP contribution in [0.15, 0.2) is 30.0 Å². The Balaban J connectivity index is 2.10. The van der Waals surface area contributed by atoms with Gasteiger partial charge in [0.1, 0.15) is 0 Å². The van der Waals surface area contributed by atoms with Crippen molar-refractivity contribution < 1.29 is 17.9 Å². The van der Waals surface area contributed by atoms with E-state index in [1.54, 1.807) is 6.07 Å². The van der Waals surface area contributed by atoms with Gasteiger partial charge in [0, 0.05) is 17.5 Å². The first-order valence-electron chi connectivity index (χ1n) is 6.56. The van der Waals surface area contributed by atoms with Gasteiger partial charge < -0.3 is 10.1 Å². The van der Waals surface area contributed by atoms with Crippen LogP contribution in [0.2, 0.25) is 0 Å². The third-order valence-electron chi connectivity index (χ3n) is 3.10. The zero-order valence-corrected chi connectivity index (χ0v) is 11.7. The fourth-order valence-corrected chi connectivity index (χ4v) is 1.90. The van der Waals surface area contributed by atoms with E-state index in [0.717, 1.165) is 11.8 Å². The Morgan fingerprint density at radius 1 is 1.38 bits per heavy atom. The van der Waals surface area contributed by atoms with E-state index in [1.807, 2.05) is 6.92 Å². The molecular formula is C14H16F3N3O. The Labute approximate surface area is 120 Å². The van der Waals surface area contributed by atoms with Crippen LogP contribution in [-0.4, -0.2) is 23.3 Å². The molecule has 0 saturated carbocycles. The van der Waals surface area contributed by atoms with E-state index in [4.69, 9.17) is 4.74 Å². The second-order valence-corrected chi connectivity index (χ2v) is 4.61. The number of ether oxygens (including phenoxy) is 1. The van der Waals surface area contributed by atoms with Gasteiger partial charge in [-0.05, 0) is 18.9 Å². The Morgan fingerprint density at radius 2 is 2.14 bits per heavy atom. The van der Waals surface area contributed by atoms with Gasteiger partial charge in [-0.25, -0.2) is 4.98 Å². The van der Waals surface area contributed by atoms with Crippen LogP contribution >= 0.6 is 0 Å². The summed E-state index contributed by atoms with van der Waals surface area (Å²) in [6, 6.07) is 1.72. The average Bonchev–Trinajstić information content (AvgIpc) is 2.46. The molecule has 0 radical (unpaired) electrons. The number of nitrogens with one attached hydrogen (secondary N) is 1. The summed E-state index contributed by atoms with van der Waals surface area (Å²) in [6.07, 6.45) is 0.442. The molecule has 1 heterocycles. The summed E-state index contributed by atoms with van der Waals surface area (Å²) in [6.45, 7) is 1.94. The van der Waals surface area contributed by atoms with E-state index < -0.39 is 12.1 Å². The van der Waals surface area contributed by atoms with Gasteiger partial charge in [0.25, 0.3) is 0 Å². The molecule has 4 nitrogen and oxygen atoms in total. The Kier molecular flexibility index (Phi) is 4.50. The SMILES string of the molecule is CCc1cc(OC)nc(NC2=CCC(C(F)(F)F)C=C2)n1. The minimum absolute atomic E-state index is 0.0903. The molecule has 0 saturated heterocycles.